The van der Waals surface area contributed by atoms with Crippen molar-refractivity contribution in [2.75, 3.05) is 24.2 Å². The van der Waals surface area contributed by atoms with Crippen LogP contribution in [0.25, 0.3) is 5.95 Å². The summed E-state index contributed by atoms with van der Waals surface area (Å²) in [6, 6.07) is 0. The summed E-state index contributed by atoms with van der Waals surface area (Å²) >= 11 is 0. The van der Waals surface area contributed by atoms with Crippen molar-refractivity contribution in [3.05, 3.63) is 12.7 Å². The molecule has 8 heteroatoms. The quantitative estimate of drug-likeness (QED) is 0.838. The van der Waals surface area contributed by atoms with E-state index < -0.39 is 0 Å². The largest absolute Gasteiger partial charge is 0.357 e. The maximum Gasteiger partial charge on any atom is 0.258 e. The normalized spacial score (nSPS) is 19.6. The summed E-state index contributed by atoms with van der Waals surface area (Å²) < 4.78 is 1.51. The zero-order valence-corrected chi connectivity index (χ0v) is 11.8. The van der Waals surface area contributed by atoms with Crippen LogP contribution in [0.3, 0.4) is 0 Å². The van der Waals surface area contributed by atoms with Crippen LogP contribution in [0.5, 0.6) is 0 Å². The lowest BCUT2D eigenvalue weighted by Gasteiger charge is -2.09. The van der Waals surface area contributed by atoms with Crippen molar-refractivity contribution in [1.82, 2.24) is 29.7 Å². The van der Waals surface area contributed by atoms with Gasteiger partial charge in [0.15, 0.2) is 0 Å². The monoisotopic (exact) mass is 274 g/mol. The molecule has 0 amide bonds. The number of nitrogens with one attached hydrogen (secondary N) is 2. The Morgan fingerprint density at radius 3 is 2.65 bits per heavy atom. The number of rotatable bonds is 5. The lowest BCUT2D eigenvalue weighted by atomic mass is 10.1. The molecule has 2 heterocycles. The van der Waals surface area contributed by atoms with Crippen LogP contribution in [-0.2, 0) is 0 Å². The van der Waals surface area contributed by atoms with Crippen LogP contribution in [0, 0.1) is 11.3 Å². The molecule has 0 aliphatic heterocycles. The Hall–Kier alpha value is -2.25. The predicted molar refractivity (Wildman–Crippen MR) is 74.7 cm³/mol. The van der Waals surface area contributed by atoms with E-state index in [0.29, 0.717) is 29.2 Å². The van der Waals surface area contributed by atoms with E-state index in [1.54, 1.807) is 13.4 Å². The van der Waals surface area contributed by atoms with Gasteiger partial charge in [-0.05, 0) is 17.8 Å². The van der Waals surface area contributed by atoms with Crippen LogP contribution >= 0.6 is 0 Å². The third-order valence-electron chi connectivity index (χ3n) is 3.69. The molecular weight excluding hydrogens is 256 g/mol. The van der Waals surface area contributed by atoms with Gasteiger partial charge < -0.3 is 10.6 Å². The highest BCUT2D eigenvalue weighted by Crippen LogP contribution is 2.51. The van der Waals surface area contributed by atoms with Gasteiger partial charge in [0.2, 0.25) is 11.9 Å². The van der Waals surface area contributed by atoms with Crippen molar-refractivity contribution in [3.63, 3.8) is 0 Å². The van der Waals surface area contributed by atoms with Crippen molar-refractivity contribution >= 4 is 11.9 Å². The molecule has 0 radical (unpaired) electrons. The highest BCUT2D eigenvalue weighted by atomic mass is 15.4. The van der Waals surface area contributed by atoms with Crippen molar-refractivity contribution < 1.29 is 0 Å². The van der Waals surface area contributed by atoms with Crippen molar-refractivity contribution in [2.45, 2.75) is 20.3 Å². The minimum atomic E-state index is 0.431. The second-order valence-electron chi connectivity index (χ2n) is 5.64. The molecule has 2 N–H and O–H groups in total. The lowest BCUT2D eigenvalue weighted by Crippen LogP contribution is -2.14. The van der Waals surface area contributed by atoms with Crippen LogP contribution in [0.1, 0.15) is 20.3 Å². The fourth-order valence-corrected chi connectivity index (χ4v) is 2.11. The Morgan fingerprint density at radius 1 is 1.30 bits per heavy atom. The molecule has 1 saturated carbocycles. The summed E-state index contributed by atoms with van der Waals surface area (Å²) in [5.74, 6) is 2.17. The molecule has 2 aromatic heterocycles. The molecular formula is C12H18N8. The first-order chi connectivity index (χ1) is 9.58. The van der Waals surface area contributed by atoms with Crippen molar-refractivity contribution in [3.8, 4) is 5.95 Å². The zero-order valence-electron chi connectivity index (χ0n) is 11.8. The van der Waals surface area contributed by atoms with Crippen LogP contribution in [0.15, 0.2) is 12.7 Å². The Labute approximate surface area is 117 Å². The Bertz CT molecular complexity index is 592. The summed E-state index contributed by atoms with van der Waals surface area (Å²) in [7, 11) is 1.77. The predicted octanol–water partition coefficient (Wildman–Crippen LogP) is 0.952. The van der Waals surface area contributed by atoms with Gasteiger partial charge in [-0.2, -0.15) is 24.7 Å². The standard InChI is InChI=1S/C12H18N8/c1-12(2)4-8(12)5-15-10-17-9(13-3)18-11(19-10)20-7-14-6-16-20/h6-8H,4-5H2,1-3H3,(H2,13,15,17,18,19). The van der Waals surface area contributed by atoms with Gasteiger partial charge in [0.05, 0.1) is 0 Å². The lowest BCUT2D eigenvalue weighted by molar-refractivity contribution is 0.572. The third-order valence-corrected chi connectivity index (χ3v) is 3.69. The molecule has 0 spiro atoms. The molecule has 0 bridgehead atoms. The van der Waals surface area contributed by atoms with Crippen molar-refractivity contribution in [2.24, 2.45) is 11.3 Å². The highest BCUT2D eigenvalue weighted by molar-refractivity contribution is 5.37. The number of hydrogen-bond donors (Lipinski definition) is 2. The molecule has 3 rings (SSSR count). The van der Waals surface area contributed by atoms with E-state index in [9.17, 15) is 0 Å². The fourth-order valence-electron chi connectivity index (χ4n) is 2.11. The molecule has 0 aromatic carbocycles. The number of hydrogen-bond acceptors (Lipinski definition) is 7. The number of nitrogens with zero attached hydrogens (tertiary/aromatic N) is 6. The average Bonchev–Trinajstić information content (AvgIpc) is 2.84. The molecule has 1 aliphatic carbocycles. The van der Waals surface area contributed by atoms with Crippen LogP contribution in [0.2, 0.25) is 0 Å². The van der Waals surface area contributed by atoms with Crippen LogP contribution in [-0.4, -0.2) is 43.3 Å². The maximum absolute atomic E-state index is 4.36. The number of aromatic nitrogens is 6. The zero-order chi connectivity index (χ0) is 14.2. The molecule has 2 aromatic rings. The third kappa shape index (κ3) is 2.54. The first-order valence-electron chi connectivity index (χ1n) is 6.61. The summed E-state index contributed by atoms with van der Waals surface area (Å²) in [6.07, 6.45) is 4.24. The van der Waals surface area contributed by atoms with Crippen LogP contribution in [0.4, 0.5) is 11.9 Å². The Balaban J connectivity index is 1.78. The van der Waals surface area contributed by atoms with Gasteiger partial charge in [-0.1, -0.05) is 13.8 Å². The molecule has 106 valence electrons. The summed E-state index contributed by atoms with van der Waals surface area (Å²) in [6.45, 7) is 5.41. The second kappa shape index (κ2) is 4.69. The van der Waals surface area contributed by atoms with Gasteiger partial charge in [0.1, 0.15) is 12.7 Å². The Morgan fingerprint density at radius 2 is 2.05 bits per heavy atom. The molecule has 8 nitrogen and oxygen atoms in total. The average molecular weight is 274 g/mol. The molecule has 0 saturated heterocycles. The second-order valence-corrected chi connectivity index (χ2v) is 5.64. The summed E-state index contributed by atoms with van der Waals surface area (Å²) in [5.41, 5.74) is 0.431. The maximum atomic E-state index is 4.36. The fraction of sp³-hybridized carbons (Fsp3) is 0.583. The van der Waals surface area contributed by atoms with Gasteiger partial charge >= 0.3 is 0 Å². The number of anilines is 2. The SMILES string of the molecule is CNc1nc(NCC2CC2(C)C)nc(-n2cncn2)n1. The summed E-state index contributed by atoms with van der Waals surface area (Å²) in [4.78, 5) is 16.8. The van der Waals surface area contributed by atoms with E-state index in [1.807, 2.05) is 0 Å². The highest BCUT2D eigenvalue weighted by Gasteiger charge is 2.45. The first kappa shape index (κ1) is 12.8. The van der Waals surface area contributed by atoms with E-state index in [4.69, 9.17) is 0 Å². The molecule has 1 atom stereocenters. The molecule has 1 unspecified atom stereocenters. The van der Waals surface area contributed by atoms with E-state index in [0.717, 1.165) is 6.54 Å². The first-order valence-corrected chi connectivity index (χ1v) is 6.61. The molecule has 1 fully saturated rings. The van der Waals surface area contributed by atoms with E-state index in [1.165, 1.54) is 17.4 Å². The van der Waals surface area contributed by atoms with Gasteiger partial charge in [-0.25, -0.2) is 4.98 Å². The van der Waals surface area contributed by atoms with Gasteiger partial charge in [0.25, 0.3) is 5.95 Å². The van der Waals surface area contributed by atoms with Gasteiger partial charge in [-0.3, -0.25) is 0 Å². The van der Waals surface area contributed by atoms with Gasteiger partial charge in [0, 0.05) is 13.6 Å². The Kier molecular flexibility index (Phi) is 3.00. The van der Waals surface area contributed by atoms with Crippen LogP contribution < -0.4 is 10.6 Å². The smallest absolute Gasteiger partial charge is 0.258 e. The van der Waals surface area contributed by atoms with E-state index in [-0.39, 0.29) is 0 Å². The van der Waals surface area contributed by atoms with Crippen molar-refractivity contribution in [1.29, 1.82) is 0 Å². The summed E-state index contributed by atoms with van der Waals surface area (Å²) in [5, 5.41) is 10.2. The minimum Gasteiger partial charge on any atom is -0.357 e. The topological polar surface area (TPSA) is 93.4 Å². The molecule has 20 heavy (non-hydrogen) atoms. The minimum absolute atomic E-state index is 0.431. The van der Waals surface area contributed by atoms with Gasteiger partial charge in [-0.15, -0.1) is 0 Å². The van der Waals surface area contributed by atoms with E-state index in [2.05, 4.69) is 49.5 Å². The van der Waals surface area contributed by atoms with E-state index >= 15 is 0 Å². The molecule has 1 aliphatic rings.